The van der Waals surface area contributed by atoms with Crippen molar-refractivity contribution in [2.24, 2.45) is 5.73 Å². The molecule has 0 saturated carbocycles. The van der Waals surface area contributed by atoms with Gasteiger partial charge in [0, 0.05) is 0 Å². The van der Waals surface area contributed by atoms with Gasteiger partial charge >= 0.3 is 5.97 Å². The van der Waals surface area contributed by atoms with E-state index in [2.05, 4.69) is 4.74 Å². The van der Waals surface area contributed by atoms with E-state index in [1.54, 1.807) is 6.07 Å². The minimum Gasteiger partial charge on any atom is -0.469 e. The molecule has 0 unspecified atom stereocenters. The van der Waals surface area contributed by atoms with Crippen molar-refractivity contribution in [2.45, 2.75) is 19.4 Å². The first-order valence-electron chi connectivity index (χ1n) is 4.02. The molecule has 4 nitrogen and oxygen atoms in total. The Labute approximate surface area is 76.7 Å². The highest BCUT2D eigenvalue weighted by Gasteiger charge is 2.14. The first-order chi connectivity index (χ1) is 6.13. The van der Waals surface area contributed by atoms with Gasteiger partial charge in [-0.1, -0.05) is 0 Å². The third kappa shape index (κ3) is 2.59. The normalized spacial score (nSPS) is 12.5. The van der Waals surface area contributed by atoms with Gasteiger partial charge in [-0.05, 0) is 19.1 Å². The molecule has 1 rings (SSSR count). The monoisotopic (exact) mass is 183 g/mol. The lowest BCUT2D eigenvalue weighted by molar-refractivity contribution is -0.141. The Kier molecular flexibility index (Phi) is 3.08. The van der Waals surface area contributed by atoms with E-state index in [0.717, 1.165) is 5.76 Å². The van der Waals surface area contributed by atoms with Crippen LogP contribution in [0.2, 0.25) is 0 Å². The minimum atomic E-state index is -0.416. The molecule has 0 radical (unpaired) electrons. The molecule has 0 aliphatic carbocycles. The third-order valence-corrected chi connectivity index (χ3v) is 1.74. The van der Waals surface area contributed by atoms with Gasteiger partial charge in [0.15, 0.2) is 0 Å². The molecule has 72 valence electrons. The van der Waals surface area contributed by atoms with Gasteiger partial charge in [0.1, 0.15) is 11.5 Å². The number of carbonyl (C=O) groups excluding carboxylic acids is 1. The molecule has 0 bridgehead atoms. The number of ether oxygens (including phenoxy) is 1. The van der Waals surface area contributed by atoms with Gasteiger partial charge in [-0.3, -0.25) is 4.79 Å². The van der Waals surface area contributed by atoms with E-state index in [1.165, 1.54) is 7.11 Å². The van der Waals surface area contributed by atoms with Crippen molar-refractivity contribution >= 4 is 5.97 Å². The molecule has 1 atom stereocenters. The van der Waals surface area contributed by atoms with Crippen LogP contribution in [0.1, 0.15) is 24.0 Å². The topological polar surface area (TPSA) is 65.5 Å². The zero-order valence-electron chi connectivity index (χ0n) is 7.74. The Morgan fingerprint density at radius 3 is 2.85 bits per heavy atom. The molecule has 2 N–H and O–H groups in total. The van der Waals surface area contributed by atoms with Crippen molar-refractivity contribution in [3.63, 3.8) is 0 Å². The maximum absolute atomic E-state index is 10.9. The molecule has 4 heteroatoms. The van der Waals surface area contributed by atoms with Crippen LogP contribution in [-0.2, 0) is 9.53 Å². The van der Waals surface area contributed by atoms with E-state index in [4.69, 9.17) is 10.2 Å². The summed E-state index contributed by atoms with van der Waals surface area (Å²) in [4.78, 5) is 10.9. The van der Waals surface area contributed by atoms with Crippen LogP contribution in [0.15, 0.2) is 16.5 Å². The second-order valence-corrected chi connectivity index (χ2v) is 2.84. The van der Waals surface area contributed by atoms with Crippen LogP contribution >= 0.6 is 0 Å². The van der Waals surface area contributed by atoms with Crippen molar-refractivity contribution in [1.82, 2.24) is 0 Å². The number of nitrogens with two attached hydrogens (primary N) is 1. The van der Waals surface area contributed by atoms with Gasteiger partial charge < -0.3 is 14.9 Å². The molecule has 0 aromatic carbocycles. The Bertz CT molecular complexity index is 293. The first-order valence-corrected chi connectivity index (χ1v) is 4.02. The summed E-state index contributed by atoms with van der Waals surface area (Å²) in [7, 11) is 1.34. The molecule has 1 heterocycles. The molecule has 0 fully saturated rings. The second-order valence-electron chi connectivity index (χ2n) is 2.84. The molecule has 13 heavy (non-hydrogen) atoms. The number of hydrogen-bond acceptors (Lipinski definition) is 4. The molecular formula is C9H13NO3. The quantitative estimate of drug-likeness (QED) is 0.714. The fraction of sp³-hybridized carbons (Fsp3) is 0.444. The largest absolute Gasteiger partial charge is 0.469 e. The Hall–Kier alpha value is -1.29. The Morgan fingerprint density at radius 1 is 1.69 bits per heavy atom. The average molecular weight is 183 g/mol. The summed E-state index contributed by atoms with van der Waals surface area (Å²) in [6, 6.07) is 3.16. The first kappa shape index (κ1) is 9.80. The van der Waals surface area contributed by atoms with Crippen molar-refractivity contribution < 1.29 is 13.9 Å². The van der Waals surface area contributed by atoms with Gasteiger partial charge in [0.25, 0.3) is 0 Å². The number of carbonyl (C=O) groups is 1. The zero-order chi connectivity index (χ0) is 9.84. The summed E-state index contributed by atoms with van der Waals surface area (Å²) in [6.45, 7) is 1.83. The molecule has 0 amide bonds. The highest BCUT2D eigenvalue weighted by Crippen LogP contribution is 2.16. The highest BCUT2D eigenvalue weighted by atomic mass is 16.5. The molecule has 0 saturated heterocycles. The maximum atomic E-state index is 10.9. The smallest absolute Gasteiger partial charge is 0.307 e. The van der Waals surface area contributed by atoms with Gasteiger partial charge in [0.05, 0.1) is 19.6 Å². The van der Waals surface area contributed by atoms with Crippen LogP contribution in [0.5, 0.6) is 0 Å². The standard InChI is InChI=1S/C9H13NO3/c1-6-3-4-8(13-6)7(10)5-9(11)12-2/h3-4,7H,5,10H2,1-2H3/t7-/m1/s1. The van der Waals surface area contributed by atoms with Crippen LogP contribution in [0.4, 0.5) is 0 Å². The molecule has 0 spiro atoms. The lowest BCUT2D eigenvalue weighted by Gasteiger charge is -2.06. The fourth-order valence-corrected chi connectivity index (χ4v) is 1.02. The Balaban J connectivity index is 2.58. The van der Waals surface area contributed by atoms with Crippen LogP contribution in [0, 0.1) is 6.92 Å². The number of aryl methyl sites for hydroxylation is 1. The van der Waals surface area contributed by atoms with Crippen LogP contribution in [0.3, 0.4) is 0 Å². The number of esters is 1. The SMILES string of the molecule is COC(=O)C[C@@H](N)c1ccc(C)o1. The van der Waals surface area contributed by atoms with E-state index in [1.807, 2.05) is 13.0 Å². The molecule has 1 aromatic heterocycles. The van der Waals surface area contributed by atoms with Crippen LogP contribution in [-0.4, -0.2) is 13.1 Å². The third-order valence-electron chi connectivity index (χ3n) is 1.74. The minimum absolute atomic E-state index is 0.142. The second kappa shape index (κ2) is 4.09. The van der Waals surface area contributed by atoms with E-state index in [0.29, 0.717) is 5.76 Å². The lowest BCUT2D eigenvalue weighted by atomic mass is 10.2. The highest BCUT2D eigenvalue weighted by molar-refractivity contribution is 5.70. The fourth-order valence-electron chi connectivity index (χ4n) is 1.02. The number of hydrogen-bond donors (Lipinski definition) is 1. The van der Waals surface area contributed by atoms with Crippen molar-refractivity contribution in [2.75, 3.05) is 7.11 Å². The van der Waals surface area contributed by atoms with Crippen molar-refractivity contribution in [1.29, 1.82) is 0 Å². The van der Waals surface area contributed by atoms with Gasteiger partial charge in [-0.2, -0.15) is 0 Å². The van der Waals surface area contributed by atoms with Gasteiger partial charge in [-0.15, -0.1) is 0 Å². The summed E-state index contributed by atoms with van der Waals surface area (Å²) in [5.41, 5.74) is 5.69. The summed E-state index contributed by atoms with van der Waals surface area (Å²) >= 11 is 0. The number of methoxy groups -OCH3 is 1. The molecule has 0 aliphatic rings. The number of rotatable bonds is 3. The maximum Gasteiger partial charge on any atom is 0.307 e. The van der Waals surface area contributed by atoms with Crippen LogP contribution < -0.4 is 5.73 Å². The summed E-state index contributed by atoms with van der Waals surface area (Å²) in [5.74, 6) is 1.07. The van der Waals surface area contributed by atoms with Crippen molar-refractivity contribution in [3.8, 4) is 0 Å². The summed E-state index contributed by atoms with van der Waals surface area (Å²) in [6.07, 6.45) is 0.142. The van der Waals surface area contributed by atoms with E-state index >= 15 is 0 Å². The average Bonchev–Trinajstić information content (AvgIpc) is 2.51. The summed E-state index contributed by atoms with van der Waals surface area (Å²) < 4.78 is 9.75. The molecular weight excluding hydrogens is 170 g/mol. The lowest BCUT2D eigenvalue weighted by Crippen LogP contribution is -2.15. The predicted molar refractivity (Wildman–Crippen MR) is 47.0 cm³/mol. The Morgan fingerprint density at radius 2 is 2.38 bits per heavy atom. The predicted octanol–water partition coefficient (Wildman–Crippen LogP) is 1.15. The van der Waals surface area contributed by atoms with E-state index in [9.17, 15) is 4.79 Å². The number of furan rings is 1. The van der Waals surface area contributed by atoms with Crippen LogP contribution in [0.25, 0.3) is 0 Å². The molecule has 0 aliphatic heterocycles. The van der Waals surface area contributed by atoms with Gasteiger partial charge in [-0.25, -0.2) is 0 Å². The zero-order valence-corrected chi connectivity index (χ0v) is 7.74. The van der Waals surface area contributed by atoms with E-state index < -0.39 is 6.04 Å². The molecule has 1 aromatic rings. The van der Waals surface area contributed by atoms with E-state index in [-0.39, 0.29) is 12.4 Å². The summed E-state index contributed by atoms with van der Waals surface area (Å²) in [5, 5.41) is 0. The van der Waals surface area contributed by atoms with Crippen molar-refractivity contribution in [3.05, 3.63) is 23.7 Å². The van der Waals surface area contributed by atoms with Gasteiger partial charge in [0.2, 0.25) is 0 Å².